The second-order valence-electron chi connectivity index (χ2n) is 5.62. The summed E-state index contributed by atoms with van der Waals surface area (Å²) in [5, 5.41) is 20.8. The van der Waals surface area contributed by atoms with E-state index in [1.165, 1.54) is 0 Å². The fourth-order valence-corrected chi connectivity index (χ4v) is 3.12. The normalized spacial score (nSPS) is 11.3. The Kier molecular flexibility index (Phi) is 2.72. The molecule has 0 unspecified atom stereocenters. The summed E-state index contributed by atoms with van der Waals surface area (Å²) < 4.78 is 0. The van der Waals surface area contributed by atoms with E-state index in [2.05, 4.69) is 9.97 Å². The summed E-state index contributed by atoms with van der Waals surface area (Å²) >= 11 is 0. The van der Waals surface area contributed by atoms with Gasteiger partial charge in [0.25, 0.3) is 0 Å². The van der Waals surface area contributed by atoms with Crippen LogP contribution in [0, 0.1) is 6.92 Å². The number of phenols is 1. The zero-order valence-corrected chi connectivity index (χ0v) is 12.3. The molecule has 0 fully saturated rings. The van der Waals surface area contributed by atoms with E-state index in [0.29, 0.717) is 0 Å². The number of aromatic amines is 2. The van der Waals surface area contributed by atoms with Crippen LogP contribution >= 0.6 is 0 Å². The predicted molar refractivity (Wildman–Crippen MR) is 89.0 cm³/mol. The summed E-state index contributed by atoms with van der Waals surface area (Å²) in [4.78, 5) is 17.7. The zero-order chi connectivity index (χ0) is 16.1. The van der Waals surface area contributed by atoms with Gasteiger partial charge in [0.2, 0.25) is 0 Å². The van der Waals surface area contributed by atoms with Gasteiger partial charge in [0, 0.05) is 44.8 Å². The zero-order valence-electron chi connectivity index (χ0n) is 12.3. The Balaban J connectivity index is 2.06. The molecule has 5 nitrogen and oxygen atoms in total. The molecule has 23 heavy (non-hydrogen) atoms. The quantitative estimate of drug-likeness (QED) is 0.451. The summed E-state index contributed by atoms with van der Waals surface area (Å²) in [6, 6.07) is 10.2. The Morgan fingerprint density at radius 1 is 1.04 bits per heavy atom. The molecule has 0 spiro atoms. The van der Waals surface area contributed by atoms with Gasteiger partial charge in [-0.2, -0.15) is 0 Å². The first-order valence-electron chi connectivity index (χ1n) is 7.20. The first kappa shape index (κ1) is 13.5. The van der Waals surface area contributed by atoms with Crippen LogP contribution in [0.15, 0.2) is 42.6 Å². The second-order valence-corrected chi connectivity index (χ2v) is 5.62. The molecule has 0 bridgehead atoms. The van der Waals surface area contributed by atoms with Gasteiger partial charge < -0.3 is 20.2 Å². The number of aryl methyl sites for hydroxylation is 1. The largest absolute Gasteiger partial charge is 0.508 e. The molecular formula is C18H14N2O3. The molecule has 4 N–H and O–H groups in total. The lowest BCUT2D eigenvalue weighted by Crippen LogP contribution is -1.94. The van der Waals surface area contributed by atoms with Crippen molar-refractivity contribution >= 4 is 27.8 Å². The van der Waals surface area contributed by atoms with E-state index in [0.717, 1.165) is 38.6 Å². The number of aromatic carboxylic acids is 1. The average Bonchev–Trinajstić information content (AvgIpc) is 3.06. The number of carboxylic acid groups (broad SMARTS) is 1. The fraction of sp³-hybridized carbons (Fsp3) is 0.0556. The second kappa shape index (κ2) is 4.64. The Morgan fingerprint density at radius 3 is 2.61 bits per heavy atom. The minimum absolute atomic E-state index is 0.198. The number of hydrogen-bond acceptors (Lipinski definition) is 2. The minimum Gasteiger partial charge on any atom is -0.508 e. The Morgan fingerprint density at radius 2 is 1.83 bits per heavy atom. The lowest BCUT2D eigenvalue weighted by molar-refractivity contribution is 0.0697. The summed E-state index contributed by atoms with van der Waals surface area (Å²) in [6.45, 7) is 1.96. The van der Waals surface area contributed by atoms with Gasteiger partial charge in [0.15, 0.2) is 0 Å². The highest BCUT2D eigenvalue weighted by molar-refractivity contribution is 6.07. The van der Waals surface area contributed by atoms with Crippen LogP contribution in [-0.4, -0.2) is 26.2 Å². The molecule has 4 rings (SSSR count). The molecule has 114 valence electrons. The number of aromatic hydroxyl groups is 1. The predicted octanol–water partition coefficient (Wildman–Crippen LogP) is 4.03. The summed E-state index contributed by atoms with van der Waals surface area (Å²) in [6.07, 6.45) is 1.87. The number of H-pyrrole nitrogens is 2. The Labute approximate surface area is 131 Å². The van der Waals surface area contributed by atoms with Crippen molar-refractivity contribution < 1.29 is 15.0 Å². The van der Waals surface area contributed by atoms with Crippen molar-refractivity contribution in [3.8, 4) is 16.9 Å². The van der Waals surface area contributed by atoms with Crippen molar-refractivity contribution in [1.29, 1.82) is 0 Å². The van der Waals surface area contributed by atoms with E-state index in [1.807, 2.05) is 19.2 Å². The van der Waals surface area contributed by atoms with Gasteiger partial charge >= 0.3 is 5.97 Å². The maximum atomic E-state index is 11.2. The fourth-order valence-electron chi connectivity index (χ4n) is 3.12. The molecule has 0 amide bonds. The van der Waals surface area contributed by atoms with E-state index in [1.54, 1.807) is 30.3 Å². The summed E-state index contributed by atoms with van der Waals surface area (Å²) in [7, 11) is 0. The number of carboxylic acids is 1. The lowest BCUT2D eigenvalue weighted by Gasteiger charge is -2.02. The molecule has 0 radical (unpaired) electrons. The van der Waals surface area contributed by atoms with E-state index in [-0.39, 0.29) is 11.3 Å². The van der Waals surface area contributed by atoms with Gasteiger partial charge in [-0.15, -0.1) is 0 Å². The SMILES string of the molecule is Cc1[nH]c2ccc(O)cc2c1-c1c[nH]c2ccc(C(=O)O)cc12. The van der Waals surface area contributed by atoms with Crippen LogP contribution in [0.5, 0.6) is 5.75 Å². The number of phenolic OH excluding ortho intramolecular Hbond substituents is 1. The van der Waals surface area contributed by atoms with Crippen LogP contribution in [0.3, 0.4) is 0 Å². The number of rotatable bonds is 2. The number of carbonyl (C=O) groups is 1. The highest BCUT2D eigenvalue weighted by Gasteiger charge is 2.16. The number of hydrogen-bond donors (Lipinski definition) is 4. The van der Waals surface area contributed by atoms with Gasteiger partial charge in [0.05, 0.1) is 5.56 Å². The third-order valence-electron chi connectivity index (χ3n) is 4.17. The van der Waals surface area contributed by atoms with E-state index in [9.17, 15) is 15.0 Å². The van der Waals surface area contributed by atoms with Crippen LogP contribution in [0.2, 0.25) is 0 Å². The van der Waals surface area contributed by atoms with E-state index >= 15 is 0 Å². The van der Waals surface area contributed by atoms with Gasteiger partial charge in [-0.1, -0.05) is 0 Å². The number of benzene rings is 2. The van der Waals surface area contributed by atoms with Crippen molar-refractivity contribution in [3.05, 3.63) is 53.9 Å². The van der Waals surface area contributed by atoms with Crippen molar-refractivity contribution in [1.82, 2.24) is 9.97 Å². The van der Waals surface area contributed by atoms with Gasteiger partial charge in [-0.05, 0) is 43.3 Å². The van der Waals surface area contributed by atoms with Crippen LogP contribution in [0.1, 0.15) is 16.1 Å². The molecule has 2 aromatic carbocycles. The molecule has 0 aliphatic carbocycles. The lowest BCUT2D eigenvalue weighted by atomic mass is 10.00. The average molecular weight is 306 g/mol. The Bertz CT molecular complexity index is 1070. The molecule has 0 aliphatic rings. The van der Waals surface area contributed by atoms with E-state index < -0.39 is 5.97 Å². The first-order chi connectivity index (χ1) is 11.0. The van der Waals surface area contributed by atoms with Crippen molar-refractivity contribution in [3.63, 3.8) is 0 Å². The minimum atomic E-state index is -0.952. The monoisotopic (exact) mass is 306 g/mol. The molecule has 2 aromatic heterocycles. The molecule has 2 heterocycles. The van der Waals surface area contributed by atoms with Crippen molar-refractivity contribution in [2.75, 3.05) is 0 Å². The van der Waals surface area contributed by atoms with Crippen LogP contribution in [0.4, 0.5) is 0 Å². The topological polar surface area (TPSA) is 89.1 Å². The van der Waals surface area contributed by atoms with Crippen LogP contribution in [0.25, 0.3) is 32.9 Å². The molecular weight excluding hydrogens is 292 g/mol. The molecule has 0 atom stereocenters. The van der Waals surface area contributed by atoms with E-state index in [4.69, 9.17) is 0 Å². The number of nitrogens with one attached hydrogen (secondary N) is 2. The summed E-state index contributed by atoms with van der Waals surface area (Å²) in [5.41, 5.74) is 4.89. The van der Waals surface area contributed by atoms with Gasteiger partial charge in [-0.3, -0.25) is 0 Å². The number of aromatic nitrogens is 2. The smallest absolute Gasteiger partial charge is 0.335 e. The van der Waals surface area contributed by atoms with Crippen molar-refractivity contribution in [2.24, 2.45) is 0 Å². The first-order valence-corrected chi connectivity index (χ1v) is 7.20. The van der Waals surface area contributed by atoms with Gasteiger partial charge in [0.1, 0.15) is 5.75 Å². The maximum Gasteiger partial charge on any atom is 0.335 e. The maximum absolute atomic E-state index is 11.2. The third-order valence-corrected chi connectivity index (χ3v) is 4.17. The standard InChI is InChI=1S/C18H14N2O3/c1-9-17(13-7-11(21)3-5-16(13)20-9)14-8-19-15-4-2-10(18(22)23)6-12(14)15/h2-8,19-21H,1H3,(H,22,23). The Hall–Kier alpha value is -3.21. The summed E-state index contributed by atoms with van der Waals surface area (Å²) in [5.74, 6) is -0.754. The molecule has 0 aliphatic heterocycles. The van der Waals surface area contributed by atoms with Crippen LogP contribution in [-0.2, 0) is 0 Å². The molecule has 4 aromatic rings. The molecule has 0 saturated carbocycles. The number of fused-ring (bicyclic) bond motifs is 2. The van der Waals surface area contributed by atoms with Crippen molar-refractivity contribution in [2.45, 2.75) is 6.92 Å². The van der Waals surface area contributed by atoms with Gasteiger partial charge in [-0.25, -0.2) is 4.79 Å². The molecule has 5 heteroatoms. The molecule has 0 saturated heterocycles. The highest BCUT2D eigenvalue weighted by Crippen LogP contribution is 2.38. The third kappa shape index (κ3) is 1.97. The highest BCUT2D eigenvalue weighted by atomic mass is 16.4. The van der Waals surface area contributed by atoms with Crippen LogP contribution < -0.4 is 0 Å².